The molecule has 1 aliphatic rings. The van der Waals surface area contributed by atoms with Gasteiger partial charge in [0.15, 0.2) is 0 Å². The summed E-state index contributed by atoms with van der Waals surface area (Å²) in [6.07, 6.45) is 1.00. The third-order valence-corrected chi connectivity index (χ3v) is 4.02. The number of halogens is 2. The van der Waals surface area contributed by atoms with Gasteiger partial charge in [-0.05, 0) is 25.5 Å². The third-order valence-electron chi connectivity index (χ3n) is 4.02. The number of hydrogen-bond acceptors (Lipinski definition) is 4. The van der Waals surface area contributed by atoms with Gasteiger partial charge in [-0.15, -0.1) is 24.8 Å². The minimum Gasteiger partial charge on any atom is -0.368 e. The van der Waals surface area contributed by atoms with Gasteiger partial charge in [-0.25, -0.2) is 0 Å². The van der Waals surface area contributed by atoms with Crippen molar-refractivity contribution in [2.45, 2.75) is 25.8 Å². The molecule has 2 rings (SSSR count). The molecule has 0 bridgehead atoms. The van der Waals surface area contributed by atoms with Crippen LogP contribution >= 0.6 is 24.8 Å². The molecule has 8 heteroatoms. The highest BCUT2D eigenvalue weighted by molar-refractivity contribution is 5.86. The molecule has 1 aliphatic heterocycles. The summed E-state index contributed by atoms with van der Waals surface area (Å²) in [7, 11) is 0. The van der Waals surface area contributed by atoms with Crippen LogP contribution in [0.1, 0.15) is 19.8 Å². The normalized spacial score (nSPS) is 14.8. The number of amides is 2. The van der Waals surface area contributed by atoms with E-state index in [1.807, 2.05) is 30.0 Å². The van der Waals surface area contributed by atoms with Crippen molar-refractivity contribution in [3.8, 4) is 0 Å². The summed E-state index contributed by atoms with van der Waals surface area (Å²) in [4.78, 5) is 27.9. The first-order chi connectivity index (χ1) is 11.1. The van der Waals surface area contributed by atoms with Crippen LogP contribution in [0.4, 0.5) is 5.69 Å². The number of rotatable bonds is 6. The molecule has 1 aromatic carbocycles. The highest BCUT2D eigenvalue weighted by Gasteiger charge is 2.21. The molecule has 25 heavy (non-hydrogen) atoms. The van der Waals surface area contributed by atoms with Gasteiger partial charge in [-0.3, -0.25) is 9.59 Å². The summed E-state index contributed by atoms with van der Waals surface area (Å²) in [6.45, 7) is 4.93. The Morgan fingerprint density at radius 1 is 1.12 bits per heavy atom. The van der Waals surface area contributed by atoms with Crippen molar-refractivity contribution in [1.82, 2.24) is 10.2 Å². The Balaban J connectivity index is 0.00000288. The molecule has 3 N–H and O–H groups in total. The molecule has 0 saturated carbocycles. The fourth-order valence-corrected chi connectivity index (χ4v) is 2.59. The predicted molar refractivity (Wildman–Crippen MR) is 106 cm³/mol. The Labute approximate surface area is 161 Å². The lowest BCUT2D eigenvalue weighted by Gasteiger charge is -2.36. The van der Waals surface area contributed by atoms with Gasteiger partial charge in [0.05, 0.1) is 6.54 Å². The molecular formula is C17H28Cl2N4O2. The lowest BCUT2D eigenvalue weighted by Crippen LogP contribution is -2.51. The van der Waals surface area contributed by atoms with Crippen LogP contribution < -0.4 is 16.0 Å². The lowest BCUT2D eigenvalue weighted by atomic mass is 10.2. The van der Waals surface area contributed by atoms with E-state index >= 15 is 0 Å². The molecule has 142 valence electrons. The zero-order chi connectivity index (χ0) is 16.7. The Bertz CT molecular complexity index is 521. The van der Waals surface area contributed by atoms with Crippen molar-refractivity contribution in [2.75, 3.05) is 37.6 Å². The molecule has 1 unspecified atom stereocenters. The summed E-state index contributed by atoms with van der Waals surface area (Å²) >= 11 is 0. The van der Waals surface area contributed by atoms with E-state index in [-0.39, 0.29) is 49.2 Å². The predicted octanol–water partition coefficient (Wildman–Crippen LogP) is 1.42. The number of nitrogens with zero attached hydrogens (tertiary/aromatic N) is 2. The molecule has 0 radical (unpaired) electrons. The topological polar surface area (TPSA) is 78.7 Å². The molecule has 0 aromatic heterocycles. The average molecular weight is 391 g/mol. The van der Waals surface area contributed by atoms with Crippen LogP contribution in [-0.4, -0.2) is 55.5 Å². The first-order valence-electron chi connectivity index (χ1n) is 8.16. The van der Waals surface area contributed by atoms with E-state index in [0.717, 1.165) is 13.1 Å². The first kappa shape index (κ1) is 23.5. The van der Waals surface area contributed by atoms with E-state index in [2.05, 4.69) is 22.3 Å². The number of piperazine rings is 1. The van der Waals surface area contributed by atoms with Gasteiger partial charge in [0.1, 0.15) is 0 Å². The van der Waals surface area contributed by atoms with Gasteiger partial charge in [-0.1, -0.05) is 18.2 Å². The van der Waals surface area contributed by atoms with Gasteiger partial charge in [-0.2, -0.15) is 0 Å². The maximum absolute atomic E-state index is 12.2. The molecule has 6 nitrogen and oxygen atoms in total. The summed E-state index contributed by atoms with van der Waals surface area (Å²) in [5.74, 6) is -0.134. The molecule has 1 aromatic rings. The van der Waals surface area contributed by atoms with Crippen molar-refractivity contribution in [1.29, 1.82) is 0 Å². The maximum Gasteiger partial charge on any atom is 0.242 e. The minimum absolute atomic E-state index is 0. The molecule has 1 heterocycles. The smallest absolute Gasteiger partial charge is 0.242 e. The van der Waals surface area contributed by atoms with E-state index in [9.17, 15) is 9.59 Å². The number of carbonyl (C=O) groups is 2. The van der Waals surface area contributed by atoms with Crippen LogP contribution in [0, 0.1) is 0 Å². The van der Waals surface area contributed by atoms with Crippen molar-refractivity contribution >= 4 is 42.3 Å². The van der Waals surface area contributed by atoms with Crippen molar-refractivity contribution in [2.24, 2.45) is 5.73 Å². The van der Waals surface area contributed by atoms with E-state index in [1.165, 1.54) is 5.69 Å². The Morgan fingerprint density at radius 2 is 1.72 bits per heavy atom. The molecule has 1 fully saturated rings. The Hall–Kier alpha value is -1.50. The van der Waals surface area contributed by atoms with E-state index < -0.39 is 0 Å². The molecule has 2 amide bonds. The largest absolute Gasteiger partial charge is 0.368 e. The van der Waals surface area contributed by atoms with Crippen LogP contribution in [0.3, 0.4) is 0 Å². The Kier molecular flexibility index (Phi) is 11.2. The van der Waals surface area contributed by atoms with Gasteiger partial charge < -0.3 is 20.9 Å². The van der Waals surface area contributed by atoms with Crippen molar-refractivity contribution in [3.05, 3.63) is 30.3 Å². The molecule has 1 atom stereocenters. The summed E-state index contributed by atoms with van der Waals surface area (Å²) in [5.41, 5.74) is 6.80. The monoisotopic (exact) mass is 390 g/mol. The summed E-state index contributed by atoms with van der Waals surface area (Å²) in [5, 5.41) is 2.68. The average Bonchev–Trinajstić information content (AvgIpc) is 2.58. The number of anilines is 1. The van der Waals surface area contributed by atoms with Crippen LogP contribution in [0.2, 0.25) is 0 Å². The number of nitrogens with one attached hydrogen (secondary N) is 1. The number of hydrogen-bond donors (Lipinski definition) is 2. The molecule has 1 saturated heterocycles. The Morgan fingerprint density at radius 3 is 2.28 bits per heavy atom. The van der Waals surface area contributed by atoms with Gasteiger partial charge in [0, 0.05) is 44.3 Å². The zero-order valence-corrected chi connectivity index (χ0v) is 16.2. The second-order valence-corrected chi connectivity index (χ2v) is 6.00. The SMILES string of the molecule is CC(N)CCC(=O)NCC(=O)N1CCN(c2ccccc2)CC1.Cl.Cl. The summed E-state index contributed by atoms with van der Waals surface area (Å²) < 4.78 is 0. The molecule has 0 spiro atoms. The van der Waals surface area contributed by atoms with Crippen LogP contribution in [0.15, 0.2) is 30.3 Å². The second kappa shape index (κ2) is 12.0. The summed E-state index contributed by atoms with van der Waals surface area (Å²) in [6, 6.07) is 10.2. The molecular weight excluding hydrogens is 363 g/mol. The van der Waals surface area contributed by atoms with Crippen LogP contribution in [0.5, 0.6) is 0 Å². The van der Waals surface area contributed by atoms with E-state index in [1.54, 1.807) is 0 Å². The van der Waals surface area contributed by atoms with E-state index in [4.69, 9.17) is 5.73 Å². The maximum atomic E-state index is 12.2. The second-order valence-electron chi connectivity index (χ2n) is 6.00. The fraction of sp³-hybridized carbons (Fsp3) is 0.529. The third kappa shape index (κ3) is 7.94. The number of nitrogens with two attached hydrogens (primary N) is 1. The number of benzene rings is 1. The zero-order valence-electron chi connectivity index (χ0n) is 14.5. The van der Waals surface area contributed by atoms with Crippen molar-refractivity contribution < 1.29 is 9.59 Å². The highest BCUT2D eigenvalue weighted by Crippen LogP contribution is 2.15. The lowest BCUT2D eigenvalue weighted by molar-refractivity contribution is -0.133. The van der Waals surface area contributed by atoms with Crippen LogP contribution in [0.25, 0.3) is 0 Å². The van der Waals surface area contributed by atoms with Crippen LogP contribution in [-0.2, 0) is 9.59 Å². The standard InChI is InChI=1S/C17H26N4O2.2ClH/c1-14(18)7-8-16(22)19-13-17(23)21-11-9-20(10-12-21)15-5-3-2-4-6-15;;/h2-6,14H,7-13,18H2,1H3,(H,19,22);2*1H. The van der Waals surface area contributed by atoms with Gasteiger partial charge in [0.2, 0.25) is 11.8 Å². The quantitative estimate of drug-likeness (QED) is 0.769. The minimum atomic E-state index is -0.112. The number of carbonyl (C=O) groups excluding carboxylic acids is 2. The molecule has 0 aliphatic carbocycles. The fourth-order valence-electron chi connectivity index (χ4n) is 2.59. The highest BCUT2D eigenvalue weighted by atomic mass is 35.5. The van der Waals surface area contributed by atoms with E-state index in [0.29, 0.717) is 25.9 Å². The van der Waals surface area contributed by atoms with Gasteiger partial charge >= 0.3 is 0 Å². The van der Waals surface area contributed by atoms with Gasteiger partial charge in [0.25, 0.3) is 0 Å². The number of para-hydroxylation sites is 1. The first-order valence-corrected chi connectivity index (χ1v) is 8.16. The van der Waals surface area contributed by atoms with Crippen molar-refractivity contribution in [3.63, 3.8) is 0 Å².